The Balaban J connectivity index is 1.63. The van der Waals surface area contributed by atoms with Crippen molar-refractivity contribution in [2.75, 3.05) is 11.5 Å². The summed E-state index contributed by atoms with van der Waals surface area (Å²) in [6.45, 7) is 2.33. The fourth-order valence-corrected chi connectivity index (χ4v) is 8.13. The van der Waals surface area contributed by atoms with E-state index in [1.54, 1.807) is 12.1 Å². The molecule has 1 fully saturated rings. The normalized spacial score (nSPS) is 29.5. The van der Waals surface area contributed by atoms with Crippen molar-refractivity contribution in [3.05, 3.63) is 95.1 Å². The van der Waals surface area contributed by atoms with Crippen molar-refractivity contribution in [2.24, 2.45) is 11.8 Å². The predicted octanol–water partition coefficient (Wildman–Crippen LogP) is 5.50. The molecule has 4 nitrogen and oxygen atoms in total. The summed E-state index contributed by atoms with van der Waals surface area (Å²) in [7, 11) is 0. The van der Waals surface area contributed by atoms with Crippen molar-refractivity contribution in [3.8, 4) is 5.75 Å². The van der Waals surface area contributed by atoms with Crippen LogP contribution in [0.15, 0.2) is 72.8 Å². The van der Waals surface area contributed by atoms with Crippen molar-refractivity contribution in [3.63, 3.8) is 0 Å². The van der Waals surface area contributed by atoms with E-state index in [1.165, 1.54) is 4.90 Å². The number of alkyl halides is 2. The van der Waals surface area contributed by atoms with Crippen LogP contribution in [0.3, 0.4) is 0 Å². The molecule has 0 unspecified atom stereocenters. The zero-order valence-corrected chi connectivity index (χ0v) is 20.4. The SMILES string of the molecule is CCOc1ccccc1N1C(=O)[C@@H]2[C@H](C1=O)C1(Br)c3ccccc3C2(Br)c2ccccc21. The van der Waals surface area contributed by atoms with Gasteiger partial charge in [0.1, 0.15) is 5.75 Å². The van der Waals surface area contributed by atoms with E-state index in [0.717, 1.165) is 22.3 Å². The maximum Gasteiger partial charge on any atom is 0.240 e. The first-order valence-electron chi connectivity index (χ1n) is 10.6. The number of benzene rings is 3. The zero-order valence-electron chi connectivity index (χ0n) is 17.2. The van der Waals surface area contributed by atoms with Crippen LogP contribution in [0.2, 0.25) is 0 Å². The van der Waals surface area contributed by atoms with Crippen molar-refractivity contribution >= 4 is 49.4 Å². The largest absolute Gasteiger partial charge is 0.492 e. The topological polar surface area (TPSA) is 46.6 Å². The molecule has 7 rings (SSSR count). The fourth-order valence-electron chi connectivity index (χ4n) is 5.82. The van der Waals surface area contributed by atoms with Gasteiger partial charge >= 0.3 is 0 Å². The molecule has 2 atom stereocenters. The van der Waals surface area contributed by atoms with E-state index in [4.69, 9.17) is 4.74 Å². The van der Waals surface area contributed by atoms with Gasteiger partial charge in [0.15, 0.2) is 0 Å². The lowest BCUT2D eigenvalue weighted by Gasteiger charge is -2.55. The van der Waals surface area contributed by atoms with Gasteiger partial charge in [0, 0.05) is 0 Å². The Hall–Kier alpha value is -2.44. The standard InChI is InChI=1S/C26H19Br2NO3/c1-2-32-20-14-8-7-13-19(20)29-23(30)21-22(24(29)31)26(28)16-10-4-3-9-15(16)25(21,27)17-11-5-6-12-18(17)26/h3-14,21-22H,2H2,1H3/t21-,22+,25?,26?. The molecule has 0 radical (unpaired) electrons. The minimum absolute atomic E-state index is 0.211. The number of amides is 2. The minimum atomic E-state index is -0.789. The lowest BCUT2D eigenvalue weighted by atomic mass is 9.54. The van der Waals surface area contributed by atoms with Gasteiger partial charge in [-0.2, -0.15) is 0 Å². The van der Waals surface area contributed by atoms with Crippen molar-refractivity contribution in [2.45, 2.75) is 15.6 Å². The Kier molecular flexibility index (Phi) is 4.28. The van der Waals surface area contributed by atoms with Crippen molar-refractivity contribution in [1.29, 1.82) is 0 Å². The number of carbonyl (C=O) groups is 2. The third kappa shape index (κ3) is 2.22. The summed E-state index contributed by atoms with van der Waals surface area (Å²) in [5.41, 5.74) is 4.60. The van der Waals surface area contributed by atoms with Gasteiger partial charge in [0.05, 0.1) is 32.8 Å². The van der Waals surface area contributed by atoms with Crippen LogP contribution in [0.4, 0.5) is 5.69 Å². The first-order valence-corrected chi connectivity index (χ1v) is 12.2. The molecule has 160 valence electrons. The van der Waals surface area contributed by atoms with Gasteiger partial charge in [-0.05, 0) is 41.3 Å². The number of nitrogens with zero attached hydrogens (tertiary/aromatic N) is 1. The molecule has 0 N–H and O–H groups in total. The van der Waals surface area contributed by atoms with Gasteiger partial charge in [0.25, 0.3) is 0 Å². The lowest BCUT2D eigenvalue weighted by molar-refractivity contribution is -0.122. The zero-order chi connectivity index (χ0) is 22.3. The number of ether oxygens (including phenoxy) is 1. The van der Waals surface area contributed by atoms with E-state index >= 15 is 0 Å². The van der Waals surface area contributed by atoms with Crippen LogP contribution in [0.25, 0.3) is 0 Å². The molecule has 3 aromatic rings. The number of imide groups is 1. The van der Waals surface area contributed by atoms with Crippen molar-refractivity contribution in [1.82, 2.24) is 0 Å². The molecule has 1 aliphatic heterocycles. The van der Waals surface area contributed by atoms with Gasteiger partial charge in [-0.3, -0.25) is 9.59 Å². The van der Waals surface area contributed by atoms with Gasteiger partial charge in [-0.1, -0.05) is 92.5 Å². The Morgan fingerprint density at radius 2 is 1.16 bits per heavy atom. The summed E-state index contributed by atoms with van der Waals surface area (Å²) in [6.07, 6.45) is 0. The second-order valence-electron chi connectivity index (χ2n) is 8.38. The molecule has 0 spiro atoms. The van der Waals surface area contributed by atoms with Crippen LogP contribution in [0.1, 0.15) is 29.2 Å². The van der Waals surface area contributed by atoms with Gasteiger partial charge < -0.3 is 4.74 Å². The third-order valence-electron chi connectivity index (χ3n) is 6.99. The molecule has 32 heavy (non-hydrogen) atoms. The fraction of sp³-hybridized carbons (Fsp3) is 0.231. The summed E-state index contributed by atoms with van der Waals surface area (Å²) < 4.78 is 4.19. The quantitative estimate of drug-likeness (QED) is 0.318. The summed E-state index contributed by atoms with van der Waals surface area (Å²) in [6, 6.07) is 23.4. The molecule has 6 heteroatoms. The maximum atomic E-state index is 14.1. The molecule has 0 aromatic heterocycles. The minimum Gasteiger partial charge on any atom is -0.492 e. The molecule has 0 saturated carbocycles. The van der Waals surface area contributed by atoms with Gasteiger partial charge in [0.2, 0.25) is 11.8 Å². The highest BCUT2D eigenvalue weighted by molar-refractivity contribution is 9.10. The van der Waals surface area contributed by atoms with E-state index in [2.05, 4.69) is 56.1 Å². The average molecular weight is 553 g/mol. The number of hydrogen-bond acceptors (Lipinski definition) is 3. The first-order chi connectivity index (χ1) is 15.5. The van der Waals surface area contributed by atoms with Crippen LogP contribution in [0.5, 0.6) is 5.75 Å². The summed E-state index contributed by atoms with van der Waals surface area (Å²) in [5, 5.41) is 0. The molecule has 3 aliphatic carbocycles. The number of para-hydroxylation sites is 2. The predicted molar refractivity (Wildman–Crippen MR) is 129 cm³/mol. The molecule has 4 aliphatic rings. The van der Waals surface area contributed by atoms with E-state index in [9.17, 15) is 9.59 Å². The Morgan fingerprint density at radius 1 is 0.750 bits per heavy atom. The smallest absolute Gasteiger partial charge is 0.240 e. The van der Waals surface area contributed by atoms with Crippen LogP contribution >= 0.6 is 31.9 Å². The van der Waals surface area contributed by atoms with Crippen molar-refractivity contribution < 1.29 is 14.3 Å². The monoisotopic (exact) mass is 551 g/mol. The van der Waals surface area contributed by atoms with Crippen LogP contribution in [-0.2, 0) is 18.2 Å². The summed E-state index contributed by atoms with van der Waals surface area (Å²) >= 11 is 8.05. The second kappa shape index (κ2) is 6.78. The van der Waals surface area contributed by atoms with E-state index in [1.807, 2.05) is 43.3 Å². The summed E-state index contributed by atoms with van der Waals surface area (Å²) in [5.74, 6) is -1.07. The Labute approximate surface area is 202 Å². The van der Waals surface area contributed by atoms with Crippen LogP contribution in [-0.4, -0.2) is 18.4 Å². The number of rotatable bonds is 3. The van der Waals surface area contributed by atoms with E-state index < -0.39 is 20.5 Å². The maximum absolute atomic E-state index is 14.1. The number of carbonyl (C=O) groups excluding carboxylic acids is 2. The number of halogens is 2. The third-order valence-corrected chi connectivity index (χ3v) is 9.69. The molecule has 2 amide bonds. The van der Waals surface area contributed by atoms with Crippen LogP contribution in [0, 0.1) is 11.8 Å². The molecule has 2 bridgehead atoms. The van der Waals surface area contributed by atoms with E-state index in [-0.39, 0.29) is 11.8 Å². The van der Waals surface area contributed by atoms with E-state index in [0.29, 0.717) is 18.0 Å². The molecule has 3 aromatic carbocycles. The van der Waals surface area contributed by atoms with Crippen LogP contribution < -0.4 is 9.64 Å². The highest BCUT2D eigenvalue weighted by Crippen LogP contribution is 2.71. The highest BCUT2D eigenvalue weighted by Gasteiger charge is 2.72. The second-order valence-corrected chi connectivity index (χ2v) is 10.9. The Bertz CT molecular complexity index is 1180. The van der Waals surface area contributed by atoms with Gasteiger partial charge in [-0.25, -0.2) is 4.90 Å². The highest BCUT2D eigenvalue weighted by atomic mass is 79.9. The summed E-state index contributed by atoms with van der Waals surface area (Å²) in [4.78, 5) is 29.5. The number of anilines is 1. The van der Waals surface area contributed by atoms with Gasteiger partial charge in [-0.15, -0.1) is 0 Å². The molecule has 1 heterocycles. The Morgan fingerprint density at radius 3 is 1.59 bits per heavy atom. The lowest BCUT2D eigenvalue weighted by Crippen LogP contribution is -2.56. The molecular formula is C26H19Br2NO3. The molecular weight excluding hydrogens is 534 g/mol. The first kappa shape index (κ1) is 20.2. The average Bonchev–Trinajstić information content (AvgIpc) is 3.09. The number of hydrogen-bond donors (Lipinski definition) is 0. The molecule has 1 saturated heterocycles.